The molecule has 1 heterocycles. The van der Waals surface area contributed by atoms with Gasteiger partial charge in [0.25, 0.3) is 0 Å². The lowest BCUT2D eigenvalue weighted by atomic mass is 9.91. The summed E-state index contributed by atoms with van der Waals surface area (Å²) in [5.74, 6) is -1.64. The van der Waals surface area contributed by atoms with E-state index in [2.05, 4.69) is 5.32 Å². The zero-order valence-corrected chi connectivity index (χ0v) is 7.47. The first-order valence-electron chi connectivity index (χ1n) is 4.41. The Morgan fingerprint density at radius 2 is 2.14 bits per heavy atom. The predicted molar refractivity (Wildman–Crippen MR) is 42.8 cm³/mol. The molecule has 0 aromatic carbocycles. The molecule has 0 aromatic rings. The minimum atomic E-state index is -4.22. The van der Waals surface area contributed by atoms with Gasteiger partial charge in [-0.3, -0.25) is 4.79 Å². The van der Waals surface area contributed by atoms with E-state index in [1.165, 1.54) is 0 Å². The fraction of sp³-hybridized carbons (Fsp3) is 0.875. The predicted octanol–water partition coefficient (Wildman–Crippen LogP) is 1.39. The highest BCUT2D eigenvalue weighted by Crippen LogP contribution is 2.27. The first kappa shape index (κ1) is 11.3. The van der Waals surface area contributed by atoms with Gasteiger partial charge in [-0.2, -0.15) is 13.2 Å². The van der Waals surface area contributed by atoms with Crippen LogP contribution < -0.4 is 5.32 Å². The second-order valence-corrected chi connectivity index (χ2v) is 3.53. The van der Waals surface area contributed by atoms with Crippen molar-refractivity contribution in [3.05, 3.63) is 0 Å². The Kier molecular flexibility index (Phi) is 3.36. The lowest BCUT2D eigenvalue weighted by Gasteiger charge is -2.28. The number of carboxylic acid groups (broad SMARTS) is 1. The van der Waals surface area contributed by atoms with Gasteiger partial charge in [0.1, 0.15) is 0 Å². The summed E-state index contributed by atoms with van der Waals surface area (Å²) in [5.41, 5.74) is 0. The van der Waals surface area contributed by atoms with Crippen LogP contribution in [0.2, 0.25) is 0 Å². The standard InChI is InChI=1S/C8H12F3NO2/c9-8(10,11)4-6-3-5(7(13)14)1-2-12-6/h5-6,12H,1-4H2,(H,13,14). The van der Waals surface area contributed by atoms with Crippen LogP contribution in [0.3, 0.4) is 0 Å². The SMILES string of the molecule is O=C(O)C1CCNC(CC(F)(F)F)C1. The van der Waals surface area contributed by atoms with E-state index in [0.29, 0.717) is 13.0 Å². The number of halogens is 3. The molecule has 1 saturated heterocycles. The topological polar surface area (TPSA) is 49.3 Å². The van der Waals surface area contributed by atoms with E-state index < -0.39 is 30.5 Å². The zero-order valence-electron chi connectivity index (χ0n) is 7.47. The average Bonchev–Trinajstić information content (AvgIpc) is 2.01. The summed E-state index contributed by atoms with van der Waals surface area (Å²) in [4.78, 5) is 10.6. The van der Waals surface area contributed by atoms with Gasteiger partial charge in [-0.05, 0) is 19.4 Å². The Bertz CT molecular complexity index is 217. The van der Waals surface area contributed by atoms with Crippen LogP contribution in [0.5, 0.6) is 0 Å². The van der Waals surface area contributed by atoms with Crippen LogP contribution in [0.15, 0.2) is 0 Å². The van der Waals surface area contributed by atoms with E-state index in [1.54, 1.807) is 0 Å². The first-order chi connectivity index (χ1) is 6.38. The molecule has 2 unspecified atom stereocenters. The number of aliphatic carboxylic acids is 1. The van der Waals surface area contributed by atoms with Crippen molar-refractivity contribution in [2.24, 2.45) is 5.92 Å². The maximum absolute atomic E-state index is 12.0. The van der Waals surface area contributed by atoms with Gasteiger partial charge in [0, 0.05) is 6.04 Å². The fourth-order valence-electron chi connectivity index (χ4n) is 1.67. The highest BCUT2D eigenvalue weighted by Gasteiger charge is 2.35. The van der Waals surface area contributed by atoms with Crippen LogP contribution in [0.4, 0.5) is 13.2 Å². The van der Waals surface area contributed by atoms with Gasteiger partial charge in [0.05, 0.1) is 12.3 Å². The number of carbonyl (C=O) groups is 1. The molecule has 0 spiro atoms. The molecule has 1 rings (SSSR count). The Morgan fingerprint density at radius 1 is 1.50 bits per heavy atom. The summed E-state index contributed by atoms with van der Waals surface area (Å²) in [6.07, 6.45) is -4.70. The third kappa shape index (κ3) is 3.53. The van der Waals surface area contributed by atoms with Gasteiger partial charge in [-0.15, -0.1) is 0 Å². The lowest BCUT2D eigenvalue weighted by Crippen LogP contribution is -2.42. The number of rotatable bonds is 2. The summed E-state index contributed by atoms with van der Waals surface area (Å²) in [5, 5.41) is 11.3. The van der Waals surface area contributed by atoms with Crippen molar-refractivity contribution in [3.8, 4) is 0 Å². The molecule has 0 aliphatic carbocycles. The number of carboxylic acids is 1. The summed E-state index contributed by atoms with van der Waals surface area (Å²) in [6, 6.07) is -0.746. The molecule has 14 heavy (non-hydrogen) atoms. The number of piperidine rings is 1. The van der Waals surface area contributed by atoms with Crippen molar-refractivity contribution in [2.45, 2.75) is 31.5 Å². The summed E-state index contributed by atoms with van der Waals surface area (Å²) in [7, 11) is 0. The third-order valence-electron chi connectivity index (χ3n) is 2.32. The van der Waals surface area contributed by atoms with Crippen molar-refractivity contribution in [2.75, 3.05) is 6.54 Å². The maximum Gasteiger partial charge on any atom is 0.390 e. The van der Waals surface area contributed by atoms with Crippen LogP contribution in [-0.2, 0) is 4.79 Å². The van der Waals surface area contributed by atoms with E-state index >= 15 is 0 Å². The van der Waals surface area contributed by atoms with Crippen LogP contribution in [0, 0.1) is 5.92 Å². The van der Waals surface area contributed by atoms with E-state index in [0.717, 1.165) is 0 Å². The second kappa shape index (κ2) is 4.16. The molecule has 0 saturated carbocycles. The monoisotopic (exact) mass is 211 g/mol. The zero-order chi connectivity index (χ0) is 10.8. The van der Waals surface area contributed by atoms with E-state index in [9.17, 15) is 18.0 Å². The van der Waals surface area contributed by atoms with Crippen molar-refractivity contribution < 1.29 is 23.1 Å². The molecule has 0 radical (unpaired) electrons. The minimum absolute atomic E-state index is 0.0643. The fourth-order valence-corrected chi connectivity index (χ4v) is 1.67. The Hall–Kier alpha value is -0.780. The molecule has 3 nitrogen and oxygen atoms in total. The number of hydrogen-bond acceptors (Lipinski definition) is 2. The molecule has 1 aliphatic heterocycles. The molecular formula is C8H12F3NO2. The molecule has 0 aromatic heterocycles. The molecule has 2 N–H and O–H groups in total. The second-order valence-electron chi connectivity index (χ2n) is 3.53. The lowest BCUT2D eigenvalue weighted by molar-refractivity contribution is -0.150. The normalized spacial score (nSPS) is 28.8. The van der Waals surface area contributed by atoms with Crippen molar-refractivity contribution in [1.29, 1.82) is 0 Å². The van der Waals surface area contributed by atoms with Crippen molar-refractivity contribution >= 4 is 5.97 Å². The molecule has 6 heteroatoms. The highest BCUT2D eigenvalue weighted by atomic mass is 19.4. The van der Waals surface area contributed by atoms with E-state index in [4.69, 9.17) is 5.11 Å². The number of nitrogens with one attached hydrogen (secondary N) is 1. The first-order valence-corrected chi connectivity index (χ1v) is 4.41. The van der Waals surface area contributed by atoms with Crippen LogP contribution in [0.25, 0.3) is 0 Å². The van der Waals surface area contributed by atoms with Gasteiger partial charge < -0.3 is 10.4 Å². The molecule has 0 amide bonds. The molecule has 1 aliphatic rings. The summed E-state index contributed by atoms with van der Waals surface area (Å²) < 4.78 is 35.9. The molecular weight excluding hydrogens is 199 g/mol. The van der Waals surface area contributed by atoms with Gasteiger partial charge in [0.2, 0.25) is 0 Å². The van der Waals surface area contributed by atoms with E-state index in [1.807, 2.05) is 0 Å². The Balaban J connectivity index is 2.44. The molecule has 2 atom stereocenters. The summed E-state index contributed by atoms with van der Waals surface area (Å²) in [6.45, 7) is 0.345. The maximum atomic E-state index is 12.0. The Labute approximate surface area is 79.3 Å². The van der Waals surface area contributed by atoms with Crippen LogP contribution in [0.1, 0.15) is 19.3 Å². The molecule has 1 fully saturated rings. The Morgan fingerprint density at radius 3 is 2.64 bits per heavy atom. The van der Waals surface area contributed by atoms with Crippen molar-refractivity contribution in [1.82, 2.24) is 5.32 Å². The largest absolute Gasteiger partial charge is 0.481 e. The van der Waals surface area contributed by atoms with Crippen molar-refractivity contribution in [3.63, 3.8) is 0 Å². The van der Waals surface area contributed by atoms with E-state index in [-0.39, 0.29) is 6.42 Å². The minimum Gasteiger partial charge on any atom is -0.481 e. The average molecular weight is 211 g/mol. The smallest absolute Gasteiger partial charge is 0.390 e. The number of alkyl halides is 3. The van der Waals surface area contributed by atoms with Crippen LogP contribution >= 0.6 is 0 Å². The van der Waals surface area contributed by atoms with Crippen LogP contribution in [-0.4, -0.2) is 29.8 Å². The molecule has 0 bridgehead atoms. The van der Waals surface area contributed by atoms with Gasteiger partial charge in [-0.25, -0.2) is 0 Å². The van der Waals surface area contributed by atoms with Gasteiger partial charge in [0.15, 0.2) is 0 Å². The van der Waals surface area contributed by atoms with Gasteiger partial charge in [-0.1, -0.05) is 0 Å². The third-order valence-corrected chi connectivity index (χ3v) is 2.32. The van der Waals surface area contributed by atoms with Gasteiger partial charge >= 0.3 is 12.1 Å². The quantitative estimate of drug-likeness (QED) is 0.725. The number of hydrogen-bond donors (Lipinski definition) is 2. The summed E-state index contributed by atoms with van der Waals surface area (Å²) >= 11 is 0. The highest BCUT2D eigenvalue weighted by molar-refractivity contribution is 5.70. The molecule has 82 valence electrons.